The highest BCUT2D eigenvalue weighted by Gasteiger charge is 2.14. The zero-order valence-corrected chi connectivity index (χ0v) is 15.3. The van der Waals surface area contributed by atoms with Crippen molar-refractivity contribution in [3.05, 3.63) is 57.6 Å². The molecule has 0 saturated heterocycles. The van der Waals surface area contributed by atoms with Crippen LogP contribution in [-0.2, 0) is 17.1 Å². The summed E-state index contributed by atoms with van der Waals surface area (Å²) >= 11 is 7.80. The van der Waals surface area contributed by atoms with Crippen LogP contribution in [0.1, 0.15) is 16.7 Å². The van der Waals surface area contributed by atoms with Gasteiger partial charge >= 0.3 is 6.16 Å². The molecule has 0 N–H and O–H groups in total. The fourth-order valence-electron chi connectivity index (χ4n) is 2.02. The molecule has 0 atom stereocenters. The van der Waals surface area contributed by atoms with Crippen molar-refractivity contribution in [3.63, 3.8) is 0 Å². The number of ether oxygens (including phenoxy) is 3. The second kappa shape index (κ2) is 8.26. The molecule has 0 saturated carbocycles. The summed E-state index contributed by atoms with van der Waals surface area (Å²) < 4.78 is 16.5. The summed E-state index contributed by atoms with van der Waals surface area (Å²) in [4.78, 5) is 11.4. The van der Waals surface area contributed by atoms with Crippen LogP contribution in [0.4, 0.5) is 4.79 Å². The van der Waals surface area contributed by atoms with Gasteiger partial charge in [0.1, 0.15) is 18.1 Å². The van der Waals surface area contributed by atoms with E-state index < -0.39 is 6.16 Å². The van der Waals surface area contributed by atoms with Gasteiger partial charge in [0.2, 0.25) is 0 Å². The topological polar surface area (TPSA) is 44.8 Å². The Morgan fingerprint density at radius 2 is 2.00 bits per heavy atom. The molecule has 2 rings (SSSR count). The summed E-state index contributed by atoms with van der Waals surface area (Å²) in [6, 6.07) is 11.3. The molecule has 4 nitrogen and oxygen atoms in total. The number of benzene rings is 2. The van der Waals surface area contributed by atoms with Crippen LogP contribution in [0.5, 0.6) is 11.5 Å². The summed E-state index contributed by atoms with van der Waals surface area (Å²) in [6.07, 6.45) is -0.765. The predicted octanol–water partition coefficient (Wildman–Crippen LogP) is 4.91. The van der Waals surface area contributed by atoms with Gasteiger partial charge in [-0.2, -0.15) is 12.6 Å². The van der Waals surface area contributed by atoms with Crippen LogP contribution < -0.4 is 9.47 Å². The first-order chi connectivity index (χ1) is 11.0. The molecule has 122 valence electrons. The summed E-state index contributed by atoms with van der Waals surface area (Å²) in [5.74, 6) is 1.63. The molecule has 0 spiro atoms. The molecule has 0 aliphatic heterocycles. The minimum atomic E-state index is -0.765. The Balaban J connectivity index is 2.24. The van der Waals surface area contributed by atoms with Gasteiger partial charge in [0, 0.05) is 11.3 Å². The number of carbonyl (C=O) groups excluding carboxylic acids is 1. The van der Waals surface area contributed by atoms with Crippen molar-refractivity contribution in [2.24, 2.45) is 0 Å². The van der Waals surface area contributed by atoms with Gasteiger partial charge in [0.05, 0.1) is 11.6 Å². The van der Waals surface area contributed by atoms with Crippen LogP contribution in [0.15, 0.2) is 40.9 Å². The number of thiol groups is 1. The van der Waals surface area contributed by atoms with E-state index in [1.54, 1.807) is 12.1 Å². The minimum absolute atomic E-state index is 0.255. The Bertz CT molecular complexity index is 703. The van der Waals surface area contributed by atoms with Crippen molar-refractivity contribution in [1.82, 2.24) is 0 Å². The van der Waals surface area contributed by atoms with E-state index in [0.29, 0.717) is 17.3 Å². The van der Waals surface area contributed by atoms with Gasteiger partial charge in [-0.25, -0.2) is 4.79 Å². The average Bonchev–Trinajstić information content (AvgIpc) is 2.54. The number of aryl methyl sites for hydroxylation is 1. The third kappa shape index (κ3) is 4.65. The molecule has 6 heteroatoms. The van der Waals surface area contributed by atoms with Crippen molar-refractivity contribution in [2.45, 2.75) is 19.3 Å². The van der Waals surface area contributed by atoms with Gasteiger partial charge in [-0.15, -0.1) is 0 Å². The summed E-state index contributed by atoms with van der Waals surface area (Å²) in [7, 11) is 1.27. The van der Waals surface area contributed by atoms with Gasteiger partial charge in [-0.1, -0.05) is 18.2 Å². The van der Waals surface area contributed by atoms with E-state index in [9.17, 15) is 4.79 Å². The maximum Gasteiger partial charge on any atom is 0.513 e. The maximum atomic E-state index is 11.4. The molecular formula is C17H17BrO4S. The highest BCUT2D eigenvalue weighted by atomic mass is 79.9. The maximum absolute atomic E-state index is 11.4. The SMILES string of the molecule is COC(=O)Oc1cccc(CS)c1COc1ccc(C)cc1Br. The molecule has 0 amide bonds. The van der Waals surface area contributed by atoms with E-state index in [1.165, 1.54) is 7.11 Å². The van der Waals surface area contributed by atoms with Crippen LogP contribution in [-0.4, -0.2) is 13.3 Å². The van der Waals surface area contributed by atoms with Gasteiger partial charge in [-0.05, 0) is 52.2 Å². The molecule has 2 aromatic carbocycles. The molecule has 23 heavy (non-hydrogen) atoms. The number of hydrogen-bond acceptors (Lipinski definition) is 5. The molecule has 2 aromatic rings. The summed E-state index contributed by atoms with van der Waals surface area (Å²) in [5, 5.41) is 0. The smallest absolute Gasteiger partial charge is 0.488 e. The van der Waals surface area contributed by atoms with Gasteiger partial charge in [0.25, 0.3) is 0 Å². The lowest BCUT2D eigenvalue weighted by atomic mass is 10.1. The lowest BCUT2D eigenvalue weighted by molar-refractivity contribution is 0.120. The Kier molecular flexibility index (Phi) is 6.36. The summed E-state index contributed by atoms with van der Waals surface area (Å²) in [5.41, 5.74) is 2.83. The first-order valence-electron chi connectivity index (χ1n) is 6.91. The summed E-state index contributed by atoms with van der Waals surface area (Å²) in [6.45, 7) is 2.26. The molecule has 0 fully saturated rings. The zero-order chi connectivity index (χ0) is 16.8. The normalized spacial score (nSPS) is 10.3. The van der Waals surface area contributed by atoms with Crippen molar-refractivity contribution >= 4 is 34.7 Å². The quantitative estimate of drug-likeness (QED) is 0.442. The number of methoxy groups -OCH3 is 1. The Morgan fingerprint density at radius 1 is 1.22 bits per heavy atom. The van der Waals surface area contributed by atoms with E-state index in [2.05, 4.69) is 33.3 Å². The van der Waals surface area contributed by atoms with Gasteiger partial charge < -0.3 is 14.2 Å². The third-order valence-corrected chi connectivity index (χ3v) is 4.18. The fourth-order valence-corrected chi connectivity index (χ4v) is 2.93. The van der Waals surface area contributed by atoms with Crippen LogP contribution in [0.2, 0.25) is 0 Å². The molecule has 0 aliphatic carbocycles. The van der Waals surface area contributed by atoms with Crippen molar-refractivity contribution in [2.75, 3.05) is 7.11 Å². The van der Waals surface area contributed by atoms with Gasteiger partial charge in [0.15, 0.2) is 0 Å². The zero-order valence-electron chi connectivity index (χ0n) is 12.8. The van der Waals surface area contributed by atoms with E-state index in [0.717, 1.165) is 21.2 Å². The van der Waals surface area contributed by atoms with Crippen LogP contribution >= 0.6 is 28.6 Å². The number of rotatable bonds is 5. The van der Waals surface area contributed by atoms with E-state index in [-0.39, 0.29) is 6.61 Å². The van der Waals surface area contributed by atoms with Crippen molar-refractivity contribution in [1.29, 1.82) is 0 Å². The average molecular weight is 397 g/mol. The highest BCUT2D eigenvalue weighted by molar-refractivity contribution is 9.10. The molecule has 0 aliphatic rings. The highest BCUT2D eigenvalue weighted by Crippen LogP contribution is 2.30. The second-order valence-corrected chi connectivity index (χ2v) is 6.00. The largest absolute Gasteiger partial charge is 0.513 e. The van der Waals surface area contributed by atoms with E-state index in [1.807, 2.05) is 31.2 Å². The van der Waals surface area contributed by atoms with Crippen molar-refractivity contribution in [3.8, 4) is 11.5 Å². The Labute approximate surface area is 149 Å². The van der Waals surface area contributed by atoms with Crippen LogP contribution in [0.25, 0.3) is 0 Å². The Hall–Kier alpha value is -1.66. The van der Waals surface area contributed by atoms with Crippen molar-refractivity contribution < 1.29 is 19.0 Å². The van der Waals surface area contributed by atoms with Crippen LogP contribution in [0, 0.1) is 6.92 Å². The lowest BCUT2D eigenvalue weighted by Gasteiger charge is -2.15. The molecule has 0 heterocycles. The monoisotopic (exact) mass is 396 g/mol. The van der Waals surface area contributed by atoms with E-state index >= 15 is 0 Å². The molecule has 0 unspecified atom stereocenters. The standard InChI is InChI=1S/C17H17BrO4S/c1-11-6-7-16(14(18)8-11)21-9-13-12(10-23)4-3-5-15(13)22-17(19)20-2/h3-8,23H,9-10H2,1-2H3. The number of hydrogen-bond donors (Lipinski definition) is 1. The predicted molar refractivity (Wildman–Crippen MR) is 95.4 cm³/mol. The molecular weight excluding hydrogens is 380 g/mol. The Morgan fingerprint density at radius 3 is 2.65 bits per heavy atom. The van der Waals surface area contributed by atoms with Crippen LogP contribution in [0.3, 0.4) is 0 Å². The minimum Gasteiger partial charge on any atom is -0.488 e. The van der Waals surface area contributed by atoms with E-state index in [4.69, 9.17) is 9.47 Å². The molecule has 0 bridgehead atoms. The van der Waals surface area contributed by atoms with Gasteiger partial charge in [-0.3, -0.25) is 0 Å². The molecule has 0 radical (unpaired) electrons. The first-order valence-corrected chi connectivity index (χ1v) is 8.34. The number of carbonyl (C=O) groups is 1. The lowest BCUT2D eigenvalue weighted by Crippen LogP contribution is -2.11. The number of halogens is 1. The third-order valence-electron chi connectivity index (χ3n) is 3.22. The molecule has 0 aromatic heterocycles. The second-order valence-electron chi connectivity index (χ2n) is 4.83. The fraction of sp³-hybridized carbons (Fsp3) is 0.235. The first kappa shape index (κ1) is 17.7.